The maximum atomic E-state index is 13.0. The van der Waals surface area contributed by atoms with E-state index in [1.54, 1.807) is 7.11 Å². The summed E-state index contributed by atoms with van der Waals surface area (Å²) in [5.41, 5.74) is 3.73. The summed E-state index contributed by atoms with van der Waals surface area (Å²) in [6.07, 6.45) is 0.886. The van der Waals surface area contributed by atoms with Crippen molar-refractivity contribution in [2.24, 2.45) is 0 Å². The highest BCUT2D eigenvalue weighted by Gasteiger charge is 2.24. The van der Waals surface area contributed by atoms with Crippen molar-refractivity contribution < 1.29 is 13.9 Å². The minimum Gasteiger partial charge on any atom is -0.497 e. The molecule has 5 heteroatoms. The zero-order valence-corrected chi connectivity index (χ0v) is 18.5. The fourth-order valence-electron chi connectivity index (χ4n) is 4.03. The Kier molecular flexibility index (Phi) is 6.42. The van der Waals surface area contributed by atoms with Gasteiger partial charge in [-0.05, 0) is 61.2 Å². The number of hydrogen-bond acceptors (Lipinski definition) is 4. The zero-order valence-electron chi connectivity index (χ0n) is 18.5. The van der Waals surface area contributed by atoms with E-state index in [2.05, 4.69) is 49.1 Å². The summed E-state index contributed by atoms with van der Waals surface area (Å²) >= 11 is 0. The molecule has 3 aromatic rings. The topological polar surface area (TPSA) is 45.9 Å². The van der Waals surface area contributed by atoms with Gasteiger partial charge < -0.3 is 14.1 Å². The van der Waals surface area contributed by atoms with Gasteiger partial charge >= 0.3 is 0 Å². The summed E-state index contributed by atoms with van der Waals surface area (Å²) in [6.45, 7) is 7.12. The first-order chi connectivity index (χ1) is 15.0. The van der Waals surface area contributed by atoms with E-state index in [1.165, 1.54) is 16.7 Å². The van der Waals surface area contributed by atoms with E-state index in [0.29, 0.717) is 24.9 Å². The molecule has 31 heavy (non-hydrogen) atoms. The standard InChI is InChI=1S/C26H30N2O3/c1-19(2)28(16-20-7-6-10-23(15-20)30-3)18-24-11-12-25(31-24)26(29)27-14-13-21-8-4-5-9-22(21)17-27/h4-12,15,19H,13-14,16-18H2,1-3H3. The van der Waals surface area contributed by atoms with Crippen molar-refractivity contribution in [1.82, 2.24) is 9.80 Å². The molecule has 5 nitrogen and oxygen atoms in total. The van der Waals surface area contributed by atoms with Crippen molar-refractivity contribution in [3.05, 3.63) is 88.9 Å². The van der Waals surface area contributed by atoms with Crippen LogP contribution >= 0.6 is 0 Å². The molecule has 2 heterocycles. The number of fused-ring (bicyclic) bond motifs is 1. The summed E-state index contributed by atoms with van der Waals surface area (Å²) in [4.78, 5) is 17.2. The van der Waals surface area contributed by atoms with Gasteiger partial charge in [0.2, 0.25) is 0 Å². The lowest BCUT2D eigenvalue weighted by Crippen LogP contribution is -2.35. The molecule has 1 aromatic heterocycles. The minimum atomic E-state index is -0.0374. The van der Waals surface area contributed by atoms with Crippen LogP contribution < -0.4 is 4.74 Å². The van der Waals surface area contributed by atoms with Gasteiger partial charge in [0.25, 0.3) is 5.91 Å². The second-order valence-corrected chi connectivity index (χ2v) is 8.36. The van der Waals surface area contributed by atoms with Crippen LogP contribution in [0.25, 0.3) is 0 Å². The summed E-state index contributed by atoms with van der Waals surface area (Å²) in [7, 11) is 1.68. The Balaban J connectivity index is 1.43. The molecular weight excluding hydrogens is 388 g/mol. The predicted molar refractivity (Wildman–Crippen MR) is 121 cm³/mol. The third-order valence-corrected chi connectivity index (χ3v) is 5.90. The molecule has 0 aliphatic carbocycles. The fourth-order valence-corrected chi connectivity index (χ4v) is 4.03. The SMILES string of the molecule is COc1cccc(CN(Cc2ccc(C(=O)N3CCc4ccccc4C3)o2)C(C)C)c1. The summed E-state index contributed by atoms with van der Waals surface area (Å²) in [5, 5.41) is 0. The van der Waals surface area contributed by atoms with Crippen LogP contribution in [0.15, 0.2) is 65.1 Å². The Hall–Kier alpha value is -3.05. The Morgan fingerprint density at radius 3 is 2.65 bits per heavy atom. The van der Waals surface area contributed by atoms with Gasteiger partial charge in [-0.25, -0.2) is 0 Å². The molecule has 0 radical (unpaired) electrons. The van der Waals surface area contributed by atoms with Gasteiger partial charge in [-0.1, -0.05) is 36.4 Å². The molecule has 1 aliphatic rings. The Labute approximate surface area is 184 Å². The van der Waals surface area contributed by atoms with E-state index in [4.69, 9.17) is 9.15 Å². The molecule has 0 saturated carbocycles. The number of benzene rings is 2. The van der Waals surface area contributed by atoms with Gasteiger partial charge in [-0.15, -0.1) is 0 Å². The summed E-state index contributed by atoms with van der Waals surface area (Å²) < 4.78 is 11.3. The largest absolute Gasteiger partial charge is 0.497 e. The number of amides is 1. The third kappa shape index (κ3) is 5.00. The van der Waals surface area contributed by atoms with Gasteiger partial charge in [0.1, 0.15) is 11.5 Å². The maximum absolute atomic E-state index is 13.0. The number of carbonyl (C=O) groups is 1. The lowest BCUT2D eigenvalue weighted by atomic mass is 10.00. The second kappa shape index (κ2) is 9.40. The van der Waals surface area contributed by atoms with Crippen LogP contribution in [-0.4, -0.2) is 35.4 Å². The first-order valence-corrected chi connectivity index (χ1v) is 10.8. The minimum absolute atomic E-state index is 0.0374. The van der Waals surface area contributed by atoms with E-state index in [1.807, 2.05) is 35.2 Å². The number of carbonyl (C=O) groups excluding carboxylic acids is 1. The van der Waals surface area contributed by atoms with Crippen molar-refractivity contribution in [2.75, 3.05) is 13.7 Å². The molecular formula is C26H30N2O3. The molecule has 0 spiro atoms. The average molecular weight is 419 g/mol. The summed E-state index contributed by atoms with van der Waals surface area (Å²) in [5.74, 6) is 2.04. The average Bonchev–Trinajstić information content (AvgIpc) is 3.26. The van der Waals surface area contributed by atoms with Gasteiger partial charge in [-0.2, -0.15) is 0 Å². The van der Waals surface area contributed by atoms with E-state index in [0.717, 1.165) is 31.0 Å². The van der Waals surface area contributed by atoms with Gasteiger partial charge in [0.15, 0.2) is 5.76 Å². The van der Waals surface area contributed by atoms with E-state index >= 15 is 0 Å². The van der Waals surface area contributed by atoms with Crippen molar-refractivity contribution in [3.8, 4) is 5.75 Å². The zero-order chi connectivity index (χ0) is 21.8. The van der Waals surface area contributed by atoms with E-state index in [-0.39, 0.29) is 5.91 Å². The normalized spacial score (nSPS) is 13.5. The molecule has 1 amide bonds. The van der Waals surface area contributed by atoms with Crippen molar-refractivity contribution in [2.45, 2.75) is 45.9 Å². The van der Waals surface area contributed by atoms with E-state index < -0.39 is 0 Å². The predicted octanol–water partition coefficient (Wildman–Crippen LogP) is 4.90. The lowest BCUT2D eigenvalue weighted by molar-refractivity contribution is 0.0697. The summed E-state index contributed by atoms with van der Waals surface area (Å²) in [6, 6.07) is 20.5. The molecule has 0 unspecified atom stereocenters. The molecule has 0 atom stereocenters. The lowest BCUT2D eigenvalue weighted by Gasteiger charge is -2.28. The van der Waals surface area contributed by atoms with Crippen molar-refractivity contribution in [3.63, 3.8) is 0 Å². The van der Waals surface area contributed by atoms with Crippen LogP contribution in [0, 0.1) is 0 Å². The highest BCUT2D eigenvalue weighted by Crippen LogP contribution is 2.22. The van der Waals surface area contributed by atoms with Crippen LogP contribution in [0.5, 0.6) is 5.75 Å². The number of hydrogen-bond donors (Lipinski definition) is 0. The van der Waals surface area contributed by atoms with Crippen LogP contribution in [-0.2, 0) is 26.1 Å². The van der Waals surface area contributed by atoms with Crippen LogP contribution in [0.4, 0.5) is 0 Å². The monoisotopic (exact) mass is 418 g/mol. The first kappa shape index (κ1) is 21.2. The Morgan fingerprint density at radius 2 is 1.87 bits per heavy atom. The Bertz CT molecular complexity index is 1040. The number of nitrogens with zero attached hydrogens (tertiary/aromatic N) is 2. The Morgan fingerprint density at radius 1 is 1.06 bits per heavy atom. The van der Waals surface area contributed by atoms with E-state index in [9.17, 15) is 4.79 Å². The first-order valence-electron chi connectivity index (χ1n) is 10.8. The molecule has 0 saturated heterocycles. The molecule has 162 valence electrons. The van der Waals surface area contributed by atoms with Gasteiger partial charge in [0.05, 0.1) is 13.7 Å². The van der Waals surface area contributed by atoms with Crippen LogP contribution in [0.3, 0.4) is 0 Å². The van der Waals surface area contributed by atoms with Crippen LogP contribution in [0.2, 0.25) is 0 Å². The van der Waals surface area contributed by atoms with Crippen molar-refractivity contribution >= 4 is 5.91 Å². The smallest absolute Gasteiger partial charge is 0.289 e. The number of methoxy groups -OCH3 is 1. The number of ether oxygens (including phenoxy) is 1. The molecule has 2 aromatic carbocycles. The molecule has 0 fully saturated rings. The fraction of sp³-hybridized carbons (Fsp3) is 0.346. The van der Waals surface area contributed by atoms with Crippen LogP contribution in [0.1, 0.15) is 46.9 Å². The van der Waals surface area contributed by atoms with Crippen molar-refractivity contribution in [1.29, 1.82) is 0 Å². The second-order valence-electron chi connectivity index (χ2n) is 8.36. The number of rotatable bonds is 7. The number of furan rings is 1. The molecule has 0 bridgehead atoms. The van der Waals surface area contributed by atoms with Gasteiger partial charge in [-0.3, -0.25) is 9.69 Å². The molecule has 0 N–H and O–H groups in total. The molecule has 4 rings (SSSR count). The highest BCUT2D eigenvalue weighted by atomic mass is 16.5. The van der Waals surface area contributed by atoms with Gasteiger partial charge in [0, 0.05) is 25.7 Å². The molecule has 1 aliphatic heterocycles. The highest BCUT2D eigenvalue weighted by molar-refractivity contribution is 5.91. The quantitative estimate of drug-likeness (QED) is 0.548. The maximum Gasteiger partial charge on any atom is 0.289 e. The third-order valence-electron chi connectivity index (χ3n) is 5.90.